The largest absolute Gasteiger partial charge is 0.390 e. The molecule has 0 aromatic heterocycles. The van der Waals surface area contributed by atoms with Gasteiger partial charge in [-0.1, -0.05) is 67.1 Å². The summed E-state index contributed by atoms with van der Waals surface area (Å²) in [4.78, 5) is 28.0. The number of carbonyl (C=O) groups excluding carboxylic acids is 2. The van der Waals surface area contributed by atoms with Crippen LogP contribution >= 0.6 is 23.2 Å². The summed E-state index contributed by atoms with van der Waals surface area (Å²) in [6.45, 7) is 1.74. The number of amides is 2. The average Bonchev–Trinajstić information content (AvgIpc) is 3.53. The maximum absolute atomic E-state index is 15.8. The Hall–Kier alpha value is -2.19. The molecule has 0 radical (unpaired) electrons. The van der Waals surface area contributed by atoms with Crippen LogP contribution in [0.5, 0.6) is 0 Å². The number of hydrogen-bond donors (Lipinski definition) is 4. The van der Waals surface area contributed by atoms with E-state index in [1.54, 1.807) is 31.2 Å². The lowest BCUT2D eigenvalue weighted by molar-refractivity contribution is -0.127. The van der Waals surface area contributed by atoms with Gasteiger partial charge >= 0.3 is 0 Å². The zero-order chi connectivity index (χ0) is 26.8. The highest BCUT2D eigenvalue weighted by Gasteiger charge is 2.66. The zero-order valence-corrected chi connectivity index (χ0v) is 22.7. The van der Waals surface area contributed by atoms with Crippen LogP contribution in [0, 0.1) is 11.7 Å². The Kier molecular flexibility index (Phi) is 6.50. The summed E-state index contributed by atoms with van der Waals surface area (Å²) in [7, 11) is 0. The van der Waals surface area contributed by atoms with E-state index >= 15 is 4.39 Å². The van der Waals surface area contributed by atoms with E-state index in [2.05, 4.69) is 16.0 Å². The molecular formula is C29H32Cl2FN3O3. The van der Waals surface area contributed by atoms with Crippen molar-refractivity contribution in [2.75, 3.05) is 5.32 Å². The minimum atomic E-state index is -1.23. The van der Waals surface area contributed by atoms with Crippen molar-refractivity contribution in [3.05, 3.63) is 63.4 Å². The molecule has 4 aliphatic rings. The van der Waals surface area contributed by atoms with Crippen LogP contribution in [0.4, 0.5) is 10.1 Å². The van der Waals surface area contributed by atoms with Gasteiger partial charge in [0.05, 0.1) is 16.7 Å². The highest BCUT2D eigenvalue weighted by molar-refractivity contribution is 6.31. The van der Waals surface area contributed by atoms with Gasteiger partial charge in [-0.05, 0) is 61.4 Å². The maximum Gasteiger partial charge on any atom is 0.238 e. The molecule has 2 amide bonds. The number of benzene rings is 2. The summed E-state index contributed by atoms with van der Waals surface area (Å²) < 4.78 is 15.8. The Morgan fingerprint density at radius 3 is 2.63 bits per heavy atom. The van der Waals surface area contributed by atoms with Gasteiger partial charge in [-0.25, -0.2) is 4.39 Å². The van der Waals surface area contributed by atoms with E-state index in [1.165, 1.54) is 6.07 Å². The Bertz CT molecular complexity index is 1290. The second-order valence-electron chi connectivity index (χ2n) is 11.8. The fourth-order valence-corrected chi connectivity index (χ4v) is 7.90. The standard InChI is InChI=1S/C29H32Cl2FN3O3/c1-28(38)13-17(14-28)33-26(36)25-23(18-7-4-8-20(31)24(18)32)29(22(35-25)11-15-5-2-3-6-15)19-10-9-16(30)12-21(19)34-27(29)37/h4,7-10,12,15,17,22-23,25,35,38H,2-3,5-6,11,13-14H2,1H3,(H,33,36)(H,34,37)/t17-,22-,23+,25-,28+,29+/m1/s1. The molecule has 1 spiro atoms. The Balaban J connectivity index is 1.49. The second kappa shape index (κ2) is 9.47. The van der Waals surface area contributed by atoms with Crippen LogP contribution in [0.2, 0.25) is 10.0 Å². The fourth-order valence-electron chi connectivity index (χ4n) is 7.55. The summed E-state index contributed by atoms with van der Waals surface area (Å²) in [6.07, 6.45) is 5.98. The van der Waals surface area contributed by atoms with E-state index in [1.807, 2.05) is 6.07 Å². The molecule has 4 N–H and O–H groups in total. The number of aliphatic hydroxyl groups is 1. The van der Waals surface area contributed by atoms with Crippen molar-refractivity contribution in [1.82, 2.24) is 10.6 Å². The molecule has 9 heteroatoms. The molecule has 2 aromatic carbocycles. The minimum Gasteiger partial charge on any atom is -0.390 e. The first-order valence-corrected chi connectivity index (χ1v) is 14.2. The Labute approximate surface area is 231 Å². The first-order valence-electron chi connectivity index (χ1n) is 13.4. The predicted octanol–water partition coefficient (Wildman–Crippen LogP) is 5.06. The maximum atomic E-state index is 15.8. The number of hydrogen-bond acceptors (Lipinski definition) is 4. The molecule has 1 saturated heterocycles. The van der Waals surface area contributed by atoms with Crippen molar-refractivity contribution in [2.45, 2.75) is 86.9 Å². The molecule has 4 atom stereocenters. The van der Waals surface area contributed by atoms with Gasteiger partial charge in [0.15, 0.2) is 0 Å². The first kappa shape index (κ1) is 26.1. The van der Waals surface area contributed by atoms with Gasteiger partial charge in [0.2, 0.25) is 11.8 Å². The van der Waals surface area contributed by atoms with Crippen LogP contribution in [-0.2, 0) is 15.0 Å². The lowest BCUT2D eigenvalue weighted by Gasteiger charge is -2.42. The Morgan fingerprint density at radius 1 is 1.18 bits per heavy atom. The van der Waals surface area contributed by atoms with E-state index in [0.717, 1.165) is 25.7 Å². The Morgan fingerprint density at radius 2 is 1.92 bits per heavy atom. The molecule has 0 bridgehead atoms. The van der Waals surface area contributed by atoms with Gasteiger partial charge < -0.3 is 21.1 Å². The molecule has 6 nitrogen and oxygen atoms in total. The van der Waals surface area contributed by atoms with Gasteiger partial charge in [-0.2, -0.15) is 0 Å². The molecule has 2 saturated carbocycles. The lowest BCUT2D eigenvalue weighted by Crippen LogP contribution is -2.57. The van der Waals surface area contributed by atoms with Gasteiger partial charge in [-0.3, -0.25) is 9.59 Å². The molecule has 0 unspecified atom stereocenters. The highest BCUT2D eigenvalue weighted by Crippen LogP contribution is 2.57. The summed E-state index contributed by atoms with van der Waals surface area (Å²) in [5.74, 6) is -1.64. The van der Waals surface area contributed by atoms with Crippen molar-refractivity contribution in [3.63, 3.8) is 0 Å². The predicted molar refractivity (Wildman–Crippen MR) is 145 cm³/mol. The van der Waals surface area contributed by atoms with Crippen LogP contribution in [0.15, 0.2) is 36.4 Å². The van der Waals surface area contributed by atoms with E-state index in [4.69, 9.17) is 23.2 Å². The molecule has 2 heterocycles. The van der Waals surface area contributed by atoms with Crippen LogP contribution in [0.1, 0.15) is 68.9 Å². The van der Waals surface area contributed by atoms with E-state index in [9.17, 15) is 14.7 Å². The molecule has 2 aromatic rings. The monoisotopic (exact) mass is 559 g/mol. The van der Waals surface area contributed by atoms with Crippen LogP contribution in [0.25, 0.3) is 0 Å². The van der Waals surface area contributed by atoms with Gasteiger partial charge in [0.25, 0.3) is 0 Å². The van der Waals surface area contributed by atoms with Gasteiger partial charge in [0.1, 0.15) is 11.2 Å². The number of rotatable bonds is 5. The summed E-state index contributed by atoms with van der Waals surface area (Å²) >= 11 is 12.5. The van der Waals surface area contributed by atoms with Crippen LogP contribution in [-0.4, -0.2) is 40.6 Å². The smallest absolute Gasteiger partial charge is 0.238 e. The summed E-state index contributed by atoms with van der Waals surface area (Å²) in [5, 5.41) is 20.2. The number of nitrogens with one attached hydrogen (secondary N) is 3. The highest BCUT2D eigenvalue weighted by atomic mass is 35.5. The topological polar surface area (TPSA) is 90.5 Å². The van der Waals surface area contributed by atoms with E-state index in [-0.39, 0.29) is 28.4 Å². The third kappa shape index (κ3) is 4.14. The number of anilines is 1. The number of halogens is 3. The van der Waals surface area contributed by atoms with Crippen molar-refractivity contribution in [3.8, 4) is 0 Å². The first-order chi connectivity index (χ1) is 18.1. The quantitative estimate of drug-likeness (QED) is 0.412. The van der Waals surface area contributed by atoms with Gasteiger partial charge in [0, 0.05) is 28.7 Å². The lowest BCUT2D eigenvalue weighted by atomic mass is 9.63. The molecule has 6 rings (SSSR count). The van der Waals surface area contributed by atoms with Crippen LogP contribution < -0.4 is 16.0 Å². The van der Waals surface area contributed by atoms with Crippen molar-refractivity contribution >= 4 is 40.7 Å². The molecule has 202 valence electrons. The minimum absolute atomic E-state index is 0.0548. The SMILES string of the molecule is C[C@]1(O)C[C@@H](NC(=O)[C@@H]2N[C@H](CC3CCCC3)[C@]3(C(=O)Nc4cc(Cl)ccc43)[C@H]2c2cccc(Cl)c2F)C1. The average molecular weight is 560 g/mol. The van der Waals surface area contributed by atoms with Crippen molar-refractivity contribution in [2.24, 2.45) is 5.92 Å². The molecule has 3 fully saturated rings. The van der Waals surface area contributed by atoms with E-state index < -0.39 is 34.8 Å². The summed E-state index contributed by atoms with van der Waals surface area (Å²) in [6, 6.07) is 8.57. The summed E-state index contributed by atoms with van der Waals surface area (Å²) in [5.41, 5.74) is -0.508. The molecule has 38 heavy (non-hydrogen) atoms. The fraction of sp³-hybridized carbons (Fsp3) is 0.517. The van der Waals surface area contributed by atoms with Crippen molar-refractivity contribution in [1.29, 1.82) is 0 Å². The number of carbonyl (C=O) groups is 2. The molecule has 2 aliphatic carbocycles. The normalized spacial score (nSPS) is 34.3. The van der Waals surface area contributed by atoms with Gasteiger partial charge in [-0.15, -0.1) is 0 Å². The van der Waals surface area contributed by atoms with Crippen molar-refractivity contribution < 1.29 is 19.1 Å². The molecular weight excluding hydrogens is 528 g/mol. The molecule has 2 aliphatic heterocycles. The zero-order valence-electron chi connectivity index (χ0n) is 21.2. The third-order valence-corrected chi connectivity index (χ3v) is 9.69. The second-order valence-corrected chi connectivity index (χ2v) is 12.7. The van der Waals surface area contributed by atoms with Crippen LogP contribution in [0.3, 0.4) is 0 Å². The number of fused-ring (bicyclic) bond motifs is 2. The third-order valence-electron chi connectivity index (χ3n) is 9.17. The van der Waals surface area contributed by atoms with E-state index in [0.29, 0.717) is 41.5 Å².